The van der Waals surface area contributed by atoms with Gasteiger partial charge in [-0.05, 0) is 17.7 Å². The highest BCUT2D eigenvalue weighted by Crippen LogP contribution is 2.19. The molecular formula is C16H21ClFN3O. The second-order valence-corrected chi connectivity index (χ2v) is 5.79. The molecule has 1 aromatic rings. The standard InChI is InChI=1S/C16H21ClFN3O/c1-2-5-19-16(22)12-21-8-6-20(7-9-21)11-13-3-4-14(18)10-15(13)17/h2-4,10H,1,5-9,11-12H2,(H,19,22). The van der Waals surface area contributed by atoms with Crippen molar-refractivity contribution in [2.75, 3.05) is 39.3 Å². The lowest BCUT2D eigenvalue weighted by molar-refractivity contribution is -0.122. The molecule has 1 amide bonds. The Hall–Kier alpha value is -1.43. The summed E-state index contributed by atoms with van der Waals surface area (Å²) in [4.78, 5) is 16.0. The number of halogens is 2. The Morgan fingerprint density at radius 2 is 2.00 bits per heavy atom. The van der Waals surface area contributed by atoms with Crippen LogP contribution in [0, 0.1) is 5.82 Å². The topological polar surface area (TPSA) is 35.6 Å². The fourth-order valence-corrected chi connectivity index (χ4v) is 2.67. The molecule has 0 aromatic heterocycles. The van der Waals surface area contributed by atoms with E-state index in [2.05, 4.69) is 21.7 Å². The van der Waals surface area contributed by atoms with Crippen LogP contribution in [0.5, 0.6) is 0 Å². The van der Waals surface area contributed by atoms with Gasteiger partial charge in [0, 0.05) is 44.3 Å². The molecule has 1 aromatic carbocycles. The number of rotatable bonds is 6. The summed E-state index contributed by atoms with van der Waals surface area (Å²) in [6.45, 7) is 8.59. The Bertz CT molecular complexity index is 530. The number of hydrogen-bond acceptors (Lipinski definition) is 3. The van der Waals surface area contributed by atoms with Gasteiger partial charge >= 0.3 is 0 Å². The molecule has 6 heteroatoms. The van der Waals surface area contributed by atoms with E-state index in [9.17, 15) is 9.18 Å². The minimum atomic E-state index is -0.316. The van der Waals surface area contributed by atoms with E-state index in [-0.39, 0.29) is 11.7 Å². The minimum absolute atomic E-state index is 0.0231. The highest BCUT2D eigenvalue weighted by Gasteiger charge is 2.19. The molecule has 0 saturated carbocycles. The van der Waals surface area contributed by atoms with E-state index >= 15 is 0 Å². The Morgan fingerprint density at radius 3 is 2.64 bits per heavy atom. The van der Waals surface area contributed by atoms with Gasteiger partial charge in [0.05, 0.1) is 6.54 Å². The number of carbonyl (C=O) groups excluding carboxylic acids is 1. The van der Waals surface area contributed by atoms with Crippen LogP contribution < -0.4 is 5.32 Å². The first-order valence-electron chi connectivity index (χ1n) is 7.34. The maximum Gasteiger partial charge on any atom is 0.234 e. The van der Waals surface area contributed by atoms with Crippen molar-refractivity contribution in [1.82, 2.24) is 15.1 Å². The molecular weight excluding hydrogens is 305 g/mol. The van der Waals surface area contributed by atoms with Gasteiger partial charge in [0.1, 0.15) is 5.82 Å². The summed E-state index contributed by atoms with van der Waals surface area (Å²) in [6.07, 6.45) is 1.67. The van der Waals surface area contributed by atoms with Crippen molar-refractivity contribution in [2.45, 2.75) is 6.54 Å². The van der Waals surface area contributed by atoms with Crippen molar-refractivity contribution in [2.24, 2.45) is 0 Å². The Morgan fingerprint density at radius 1 is 1.32 bits per heavy atom. The molecule has 0 spiro atoms. The van der Waals surface area contributed by atoms with Crippen molar-refractivity contribution >= 4 is 17.5 Å². The van der Waals surface area contributed by atoms with Crippen LogP contribution in [0.2, 0.25) is 5.02 Å². The van der Waals surface area contributed by atoms with Crippen LogP contribution in [0.25, 0.3) is 0 Å². The van der Waals surface area contributed by atoms with E-state index < -0.39 is 0 Å². The maximum absolute atomic E-state index is 13.0. The average molecular weight is 326 g/mol. The average Bonchev–Trinajstić information content (AvgIpc) is 2.50. The van der Waals surface area contributed by atoms with Crippen LogP contribution in [0.3, 0.4) is 0 Å². The molecule has 1 aliphatic heterocycles. The van der Waals surface area contributed by atoms with Gasteiger partial charge in [-0.3, -0.25) is 14.6 Å². The molecule has 22 heavy (non-hydrogen) atoms. The lowest BCUT2D eigenvalue weighted by Crippen LogP contribution is -2.49. The molecule has 0 unspecified atom stereocenters. The normalized spacial score (nSPS) is 16.5. The third kappa shape index (κ3) is 5.09. The van der Waals surface area contributed by atoms with E-state index in [1.807, 2.05) is 0 Å². The third-order valence-electron chi connectivity index (χ3n) is 3.68. The summed E-state index contributed by atoms with van der Waals surface area (Å²) >= 11 is 6.06. The molecule has 0 aliphatic carbocycles. The number of hydrogen-bond donors (Lipinski definition) is 1. The summed E-state index contributed by atoms with van der Waals surface area (Å²) in [5, 5.41) is 3.24. The van der Waals surface area contributed by atoms with Crippen molar-refractivity contribution in [3.05, 3.63) is 47.3 Å². The van der Waals surface area contributed by atoms with Gasteiger partial charge in [-0.1, -0.05) is 23.7 Å². The second kappa shape index (κ2) is 8.27. The van der Waals surface area contributed by atoms with E-state index in [1.165, 1.54) is 12.1 Å². The first-order chi connectivity index (χ1) is 10.6. The van der Waals surface area contributed by atoms with Crippen LogP contribution in [0.4, 0.5) is 4.39 Å². The largest absolute Gasteiger partial charge is 0.352 e. The molecule has 0 radical (unpaired) electrons. The first kappa shape index (κ1) is 16.9. The fourth-order valence-electron chi connectivity index (χ4n) is 2.44. The SMILES string of the molecule is C=CCNC(=O)CN1CCN(Cc2ccc(F)cc2Cl)CC1. The lowest BCUT2D eigenvalue weighted by atomic mass is 10.2. The summed E-state index contributed by atoms with van der Waals surface area (Å²) in [7, 11) is 0. The number of carbonyl (C=O) groups is 1. The van der Waals surface area contributed by atoms with E-state index in [0.717, 1.165) is 31.7 Å². The molecule has 1 aliphatic rings. The van der Waals surface area contributed by atoms with Gasteiger partial charge in [0.25, 0.3) is 0 Å². The van der Waals surface area contributed by atoms with Crippen LogP contribution >= 0.6 is 11.6 Å². The minimum Gasteiger partial charge on any atom is -0.352 e. The molecule has 1 heterocycles. The maximum atomic E-state index is 13.0. The zero-order chi connectivity index (χ0) is 15.9. The predicted octanol–water partition coefficient (Wildman–Crippen LogP) is 1.90. The van der Waals surface area contributed by atoms with Crippen molar-refractivity contribution in [3.8, 4) is 0 Å². The van der Waals surface area contributed by atoms with Gasteiger partial charge < -0.3 is 5.32 Å². The van der Waals surface area contributed by atoms with Crippen molar-refractivity contribution in [3.63, 3.8) is 0 Å². The molecule has 1 N–H and O–H groups in total. The van der Waals surface area contributed by atoms with Gasteiger partial charge in [-0.2, -0.15) is 0 Å². The Balaban J connectivity index is 1.77. The van der Waals surface area contributed by atoms with E-state index in [4.69, 9.17) is 11.6 Å². The summed E-state index contributed by atoms with van der Waals surface area (Å²) in [5.41, 5.74) is 0.931. The van der Waals surface area contributed by atoms with E-state index in [0.29, 0.717) is 24.7 Å². The fraction of sp³-hybridized carbons (Fsp3) is 0.438. The van der Waals surface area contributed by atoms with Gasteiger partial charge in [-0.15, -0.1) is 6.58 Å². The molecule has 120 valence electrons. The van der Waals surface area contributed by atoms with Crippen LogP contribution in [-0.4, -0.2) is 55.0 Å². The monoisotopic (exact) mass is 325 g/mol. The summed E-state index contributed by atoms with van der Waals surface area (Å²) in [5.74, 6) is -0.293. The number of nitrogens with zero attached hydrogens (tertiary/aromatic N) is 2. The number of amides is 1. The molecule has 1 saturated heterocycles. The van der Waals surface area contributed by atoms with Crippen molar-refractivity contribution < 1.29 is 9.18 Å². The van der Waals surface area contributed by atoms with Crippen LogP contribution in [0.15, 0.2) is 30.9 Å². The van der Waals surface area contributed by atoms with Crippen molar-refractivity contribution in [1.29, 1.82) is 0 Å². The van der Waals surface area contributed by atoms with E-state index in [1.54, 1.807) is 12.1 Å². The zero-order valence-electron chi connectivity index (χ0n) is 12.5. The number of piperazine rings is 1. The summed E-state index contributed by atoms with van der Waals surface area (Å²) in [6, 6.07) is 4.51. The molecule has 2 rings (SSSR count). The zero-order valence-corrected chi connectivity index (χ0v) is 13.3. The van der Waals surface area contributed by atoms with Crippen LogP contribution in [-0.2, 0) is 11.3 Å². The third-order valence-corrected chi connectivity index (χ3v) is 4.04. The quantitative estimate of drug-likeness (QED) is 0.811. The lowest BCUT2D eigenvalue weighted by Gasteiger charge is -2.34. The number of nitrogens with one attached hydrogen (secondary N) is 1. The smallest absolute Gasteiger partial charge is 0.234 e. The van der Waals surface area contributed by atoms with Gasteiger partial charge in [0.15, 0.2) is 0 Å². The summed E-state index contributed by atoms with van der Waals surface area (Å²) < 4.78 is 13.0. The molecule has 0 atom stereocenters. The Kier molecular flexibility index (Phi) is 6.36. The number of benzene rings is 1. The highest BCUT2D eigenvalue weighted by molar-refractivity contribution is 6.31. The van der Waals surface area contributed by atoms with Gasteiger partial charge in [0.2, 0.25) is 5.91 Å². The highest BCUT2D eigenvalue weighted by atomic mass is 35.5. The molecule has 1 fully saturated rings. The molecule has 0 bridgehead atoms. The van der Waals surface area contributed by atoms with Gasteiger partial charge in [-0.25, -0.2) is 4.39 Å². The predicted molar refractivity (Wildman–Crippen MR) is 86.3 cm³/mol. The first-order valence-corrected chi connectivity index (χ1v) is 7.72. The van der Waals surface area contributed by atoms with Crippen LogP contribution in [0.1, 0.15) is 5.56 Å². The Labute approximate surface area is 135 Å². The molecule has 4 nitrogen and oxygen atoms in total. The second-order valence-electron chi connectivity index (χ2n) is 5.38.